The number of hydrogen-bond acceptors (Lipinski definition) is 4. The molecule has 1 rings (SSSR count). The van der Waals surface area contributed by atoms with Crippen LogP contribution in [0.15, 0.2) is 12.1 Å². The second-order valence-electron chi connectivity index (χ2n) is 3.87. The van der Waals surface area contributed by atoms with Gasteiger partial charge in [0.25, 0.3) is 0 Å². The number of sulfonamides is 1. The summed E-state index contributed by atoms with van der Waals surface area (Å²) in [5.41, 5.74) is 7.56. The molecule has 0 amide bonds. The van der Waals surface area contributed by atoms with Crippen LogP contribution in [0.3, 0.4) is 0 Å². The first-order valence-corrected chi connectivity index (χ1v) is 6.90. The molecule has 0 spiro atoms. The summed E-state index contributed by atoms with van der Waals surface area (Å²) in [7, 11) is -1.89. The highest BCUT2D eigenvalue weighted by Crippen LogP contribution is 2.30. The van der Waals surface area contributed by atoms with Gasteiger partial charge in [-0.05, 0) is 31.0 Å². The Morgan fingerprint density at radius 2 is 2.00 bits per heavy atom. The molecule has 6 heteroatoms. The Hall–Kier alpha value is -1.27. The van der Waals surface area contributed by atoms with Gasteiger partial charge in [0.1, 0.15) is 5.75 Å². The largest absolute Gasteiger partial charge is 0.494 e. The molecule has 1 aromatic carbocycles. The van der Waals surface area contributed by atoms with Gasteiger partial charge in [-0.25, -0.2) is 8.42 Å². The SMILES string of the molecule is COc1c(C)cc(C)cc1NS(=O)(=O)CCN. The van der Waals surface area contributed by atoms with E-state index in [1.807, 2.05) is 19.9 Å². The van der Waals surface area contributed by atoms with Gasteiger partial charge in [0, 0.05) is 6.54 Å². The van der Waals surface area contributed by atoms with Gasteiger partial charge in [0.05, 0.1) is 18.6 Å². The fourth-order valence-corrected chi connectivity index (χ4v) is 2.57. The number of nitrogens with two attached hydrogens (primary N) is 1. The highest BCUT2D eigenvalue weighted by molar-refractivity contribution is 7.92. The van der Waals surface area contributed by atoms with Crippen LogP contribution in [-0.4, -0.2) is 27.8 Å². The van der Waals surface area contributed by atoms with Crippen LogP contribution >= 0.6 is 0 Å². The molecule has 0 aliphatic heterocycles. The molecule has 17 heavy (non-hydrogen) atoms. The van der Waals surface area contributed by atoms with Gasteiger partial charge in [-0.15, -0.1) is 0 Å². The number of methoxy groups -OCH3 is 1. The minimum absolute atomic E-state index is 0.0858. The number of benzene rings is 1. The zero-order chi connectivity index (χ0) is 13.1. The molecule has 0 atom stereocenters. The molecule has 0 aliphatic carbocycles. The van der Waals surface area contributed by atoms with Crippen LogP contribution in [0.1, 0.15) is 11.1 Å². The molecule has 1 aromatic rings. The first kappa shape index (κ1) is 13.8. The van der Waals surface area contributed by atoms with Crippen molar-refractivity contribution in [1.82, 2.24) is 0 Å². The Balaban J connectivity index is 3.14. The monoisotopic (exact) mass is 258 g/mol. The van der Waals surface area contributed by atoms with Crippen molar-refractivity contribution in [3.63, 3.8) is 0 Å². The smallest absolute Gasteiger partial charge is 0.234 e. The average molecular weight is 258 g/mol. The summed E-state index contributed by atoms with van der Waals surface area (Å²) in [6.45, 7) is 3.85. The van der Waals surface area contributed by atoms with Gasteiger partial charge in [0.2, 0.25) is 10.0 Å². The zero-order valence-corrected chi connectivity index (χ0v) is 11.1. The number of aryl methyl sites for hydroxylation is 2. The third-order valence-electron chi connectivity index (χ3n) is 2.28. The lowest BCUT2D eigenvalue weighted by Crippen LogP contribution is -2.22. The fraction of sp³-hybridized carbons (Fsp3) is 0.455. The Labute approximate surface area is 102 Å². The molecule has 0 unspecified atom stereocenters. The Morgan fingerprint density at radius 3 is 2.53 bits per heavy atom. The van der Waals surface area contributed by atoms with Gasteiger partial charge in [-0.1, -0.05) is 6.07 Å². The highest BCUT2D eigenvalue weighted by atomic mass is 32.2. The van der Waals surface area contributed by atoms with Crippen molar-refractivity contribution in [2.45, 2.75) is 13.8 Å². The molecule has 0 fully saturated rings. The van der Waals surface area contributed by atoms with Crippen LogP contribution in [-0.2, 0) is 10.0 Å². The van der Waals surface area contributed by atoms with E-state index in [2.05, 4.69) is 4.72 Å². The molecule has 96 valence electrons. The van der Waals surface area contributed by atoms with Gasteiger partial charge < -0.3 is 10.5 Å². The lowest BCUT2D eigenvalue weighted by atomic mass is 10.1. The van der Waals surface area contributed by atoms with Gasteiger partial charge >= 0.3 is 0 Å². The van der Waals surface area contributed by atoms with Crippen molar-refractivity contribution >= 4 is 15.7 Å². The van der Waals surface area contributed by atoms with E-state index in [9.17, 15) is 8.42 Å². The summed E-state index contributed by atoms with van der Waals surface area (Å²) in [5, 5.41) is 0. The minimum atomic E-state index is -3.41. The van der Waals surface area contributed by atoms with Crippen LogP contribution in [0.25, 0.3) is 0 Å². The molecule has 0 aromatic heterocycles. The summed E-state index contributed by atoms with van der Waals surface area (Å²) >= 11 is 0. The Kier molecular flexibility index (Phi) is 4.36. The number of rotatable bonds is 5. The van der Waals surface area contributed by atoms with E-state index >= 15 is 0 Å². The predicted octanol–water partition coefficient (Wildman–Crippen LogP) is 1.01. The van der Waals surface area contributed by atoms with Crippen LogP contribution in [0, 0.1) is 13.8 Å². The van der Waals surface area contributed by atoms with E-state index in [4.69, 9.17) is 10.5 Å². The topological polar surface area (TPSA) is 81.4 Å². The van der Waals surface area contributed by atoms with E-state index < -0.39 is 10.0 Å². The molecule has 0 heterocycles. The van der Waals surface area contributed by atoms with Gasteiger partial charge in [0.15, 0.2) is 0 Å². The minimum Gasteiger partial charge on any atom is -0.494 e. The molecule has 0 saturated heterocycles. The summed E-state index contributed by atoms with van der Waals surface area (Å²) in [5.74, 6) is 0.430. The molecule has 3 N–H and O–H groups in total. The Morgan fingerprint density at radius 1 is 1.35 bits per heavy atom. The third-order valence-corrected chi connectivity index (χ3v) is 3.58. The standard InChI is InChI=1S/C11H18N2O3S/c1-8-6-9(2)11(16-3)10(7-8)13-17(14,15)5-4-12/h6-7,13H,4-5,12H2,1-3H3. The number of hydrogen-bond donors (Lipinski definition) is 2. The lowest BCUT2D eigenvalue weighted by Gasteiger charge is -2.14. The van der Waals surface area contributed by atoms with E-state index in [0.29, 0.717) is 11.4 Å². The maximum absolute atomic E-state index is 11.6. The fourth-order valence-electron chi connectivity index (χ4n) is 1.67. The number of nitrogens with one attached hydrogen (secondary N) is 1. The molecule has 0 saturated carbocycles. The van der Waals surface area contributed by atoms with E-state index in [-0.39, 0.29) is 12.3 Å². The summed E-state index contributed by atoms with van der Waals surface area (Å²) in [6.07, 6.45) is 0. The zero-order valence-electron chi connectivity index (χ0n) is 10.3. The van der Waals surface area contributed by atoms with Crippen LogP contribution in [0.2, 0.25) is 0 Å². The van der Waals surface area contributed by atoms with Crippen molar-refractivity contribution in [3.05, 3.63) is 23.3 Å². The first-order chi connectivity index (χ1) is 7.89. The molecule has 0 radical (unpaired) electrons. The molecular weight excluding hydrogens is 240 g/mol. The van der Waals surface area contributed by atoms with Crippen molar-refractivity contribution in [3.8, 4) is 5.75 Å². The van der Waals surface area contributed by atoms with Crippen molar-refractivity contribution in [2.75, 3.05) is 24.1 Å². The molecule has 0 bridgehead atoms. The van der Waals surface area contributed by atoms with Crippen LogP contribution in [0.4, 0.5) is 5.69 Å². The number of anilines is 1. The van der Waals surface area contributed by atoms with Crippen molar-refractivity contribution in [2.24, 2.45) is 5.73 Å². The summed E-state index contributed by atoms with van der Waals surface area (Å²) in [4.78, 5) is 0. The molecule has 5 nitrogen and oxygen atoms in total. The van der Waals surface area contributed by atoms with E-state index in [1.165, 1.54) is 7.11 Å². The molecule has 0 aliphatic rings. The summed E-state index contributed by atoms with van der Waals surface area (Å²) in [6, 6.07) is 3.67. The quantitative estimate of drug-likeness (QED) is 0.826. The van der Waals surface area contributed by atoms with Gasteiger partial charge in [-0.3, -0.25) is 4.72 Å². The first-order valence-electron chi connectivity index (χ1n) is 5.25. The predicted molar refractivity (Wildman–Crippen MR) is 68.9 cm³/mol. The van der Waals surface area contributed by atoms with Crippen molar-refractivity contribution in [1.29, 1.82) is 0 Å². The van der Waals surface area contributed by atoms with Gasteiger partial charge in [-0.2, -0.15) is 0 Å². The van der Waals surface area contributed by atoms with Crippen molar-refractivity contribution < 1.29 is 13.2 Å². The highest BCUT2D eigenvalue weighted by Gasteiger charge is 2.14. The Bertz CT molecular complexity index is 498. The second kappa shape index (κ2) is 5.37. The molecular formula is C11H18N2O3S. The maximum Gasteiger partial charge on any atom is 0.234 e. The summed E-state index contributed by atoms with van der Waals surface area (Å²) < 4.78 is 31.0. The number of ether oxygens (including phenoxy) is 1. The lowest BCUT2D eigenvalue weighted by molar-refractivity contribution is 0.413. The van der Waals surface area contributed by atoms with E-state index in [0.717, 1.165) is 11.1 Å². The second-order valence-corrected chi connectivity index (χ2v) is 5.71. The third kappa shape index (κ3) is 3.61. The van der Waals surface area contributed by atoms with E-state index in [1.54, 1.807) is 6.07 Å². The normalized spacial score (nSPS) is 11.3. The average Bonchev–Trinajstić information content (AvgIpc) is 2.15. The maximum atomic E-state index is 11.6. The van der Waals surface area contributed by atoms with Crippen LogP contribution < -0.4 is 15.2 Å². The van der Waals surface area contributed by atoms with Crippen LogP contribution in [0.5, 0.6) is 5.75 Å².